The first-order valence-corrected chi connectivity index (χ1v) is 6.60. The van der Waals surface area contributed by atoms with Crippen LogP contribution in [0.25, 0.3) is 0 Å². The van der Waals surface area contributed by atoms with Gasteiger partial charge in [0.2, 0.25) is 0 Å². The molecule has 1 heterocycles. The fourth-order valence-electron chi connectivity index (χ4n) is 1.82. The van der Waals surface area contributed by atoms with Gasteiger partial charge in [-0.2, -0.15) is 0 Å². The van der Waals surface area contributed by atoms with Crippen molar-refractivity contribution in [1.29, 1.82) is 5.41 Å². The second-order valence-electron chi connectivity index (χ2n) is 4.99. The molecule has 0 bridgehead atoms. The van der Waals surface area contributed by atoms with Crippen LogP contribution in [0.15, 0.2) is 6.07 Å². The van der Waals surface area contributed by atoms with Crippen LogP contribution in [-0.4, -0.2) is 35.4 Å². The van der Waals surface area contributed by atoms with Crippen LogP contribution in [0.4, 0.5) is 0 Å². The highest BCUT2D eigenvalue weighted by atomic mass is 16.2. The van der Waals surface area contributed by atoms with E-state index in [1.165, 1.54) is 6.07 Å². The van der Waals surface area contributed by atoms with E-state index < -0.39 is 5.91 Å². The van der Waals surface area contributed by atoms with Gasteiger partial charge in [-0.15, -0.1) is 0 Å². The van der Waals surface area contributed by atoms with Crippen LogP contribution < -0.4 is 22.1 Å². The summed E-state index contributed by atoms with van der Waals surface area (Å²) in [5, 5.41) is 12.3. The number of carbonyl (C=O) groups is 2. The molecule has 0 aliphatic rings. The topological polar surface area (TPSA) is 139 Å². The van der Waals surface area contributed by atoms with Gasteiger partial charge in [0.05, 0.1) is 0 Å². The van der Waals surface area contributed by atoms with E-state index in [1.54, 1.807) is 4.57 Å². The fraction of sp³-hybridized carbons (Fsp3) is 0.462. The van der Waals surface area contributed by atoms with E-state index in [0.29, 0.717) is 25.3 Å². The number of hydrogen-bond acceptors (Lipinski definition) is 3. The molecule has 0 spiro atoms. The van der Waals surface area contributed by atoms with E-state index in [1.807, 2.05) is 13.8 Å². The van der Waals surface area contributed by atoms with Crippen molar-refractivity contribution in [3.63, 3.8) is 0 Å². The predicted molar refractivity (Wildman–Crippen MR) is 78.9 cm³/mol. The lowest BCUT2D eigenvalue weighted by molar-refractivity contribution is 0.0943. The van der Waals surface area contributed by atoms with Crippen molar-refractivity contribution in [1.82, 2.24) is 15.2 Å². The molecule has 115 valence electrons. The first-order chi connectivity index (χ1) is 9.82. The second-order valence-corrected chi connectivity index (χ2v) is 4.99. The number of rotatable bonds is 7. The van der Waals surface area contributed by atoms with Gasteiger partial charge in [0.15, 0.2) is 5.96 Å². The molecule has 0 saturated heterocycles. The molecule has 0 unspecified atom stereocenters. The highest BCUT2D eigenvalue weighted by Crippen LogP contribution is 2.11. The summed E-state index contributed by atoms with van der Waals surface area (Å²) in [5.41, 5.74) is 10.9. The second kappa shape index (κ2) is 7.32. The minimum atomic E-state index is -0.618. The molecular weight excluding hydrogens is 272 g/mol. The molecule has 1 aromatic heterocycles. The van der Waals surface area contributed by atoms with Crippen LogP contribution in [0.3, 0.4) is 0 Å². The van der Waals surface area contributed by atoms with Crippen molar-refractivity contribution in [3.05, 3.63) is 23.5 Å². The summed E-state index contributed by atoms with van der Waals surface area (Å²) >= 11 is 0. The minimum Gasteiger partial charge on any atom is -0.370 e. The van der Waals surface area contributed by atoms with E-state index in [-0.39, 0.29) is 23.5 Å². The number of nitrogens with one attached hydrogen (secondary N) is 3. The standard InChI is InChI=1S/C13H21N6O2/c1-8(2)7-19-9(11(14)20)3-4-10(19)12(21)17-5-6-18-13(15)16/h4,8H,5-7H2,1-2H3,(H2,14,20)(H,17,21)(H4,15,16,18). The van der Waals surface area contributed by atoms with E-state index in [9.17, 15) is 9.59 Å². The quantitative estimate of drug-likeness (QED) is 0.256. The van der Waals surface area contributed by atoms with E-state index in [4.69, 9.17) is 16.9 Å². The summed E-state index contributed by atoms with van der Waals surface area (Å²) in [6.45, 7) is 5.10. The highest BCUT2D eigenvalue weighted by Gasteiger charge is 2.18. The van der Waals surface area contributed by atoms with Crippen LogP contribution >= 0.6 is 0 Å². The molecule has 1 rings (SSSR count). The average molecular weight is 293 g/mol. The Morgan fingerprint density at radius 1 is 1.33 bits per heavy atom. The Labute approximate surface area is 123 Å². The van der Waals surface area contributed by atoms with Gasteiger partial charge in [-0.1, -0.05) is 13.8 Å². The zero-order chi connectivity index (χ0) is 16.0. The molecule has 0 fully saturated rings. The minimum absolute atomic E-state index is 0.156. The summed E-state index contributed by atoms with van der Waals surface area (Å²) in [4.78, 5) is 23.5. The number of carbonyl (C=O) groups excluding carboxylic acids is 2. The number of amides is 2. The van der Waals surface area contributed by atoms with Gasteiger partial charge in [-0.25, -0.2) is 0 Å². The van der Waals surface area contributed by atoms with Crippen LogP contribution in [-0.2, 0) is 6.54 Å². The number of nitrogens with zero attached hydrogens (tertiary/aromatic N) is 1. The van der Waals surface area contributed by atoms with E-state index in [2.05, 4.69) is 16.7 Å². The maximum Gasteiger partial charge on any atom is 0.268 e. The van der Waals surface area contributed by atoms with Gasteiger partial charge in [0, 0.05) is 25.7 Å². The molecule has 2 amide bonds. The fourth-order valence-corrected chi connectivity index (χ4v) is 1.82. The molecule has 0 atom stereocenters. The number of primary amides is 1. The lowest BCUT2D eigenvalue weighted by atomic mass is 10.2. The molecular formula is C13H21N6O2. The lowest BCUT2D eigenvalue weighted by Crippen LogP contribution is -2.38. The molecule has 1 radical (unpaired) electrons. The molecule has 0 aliphatic carbocycles. The molecule has 0 aromatic carbocycles. The summed E-state index contributed by atoms with van der Waals surface area (Å²) in [5.74, 6) is -0.857. The van der Waals surface area contributed by atoms with Crippen molar-refractivity contribution in [2.45, 2.75) is 20.4 Å². The van der Waals surface area contributed by atoms with Gasteiger partial charge in [-0.3, -0.25) is 15.0 Å². The molecule has 7 N–H and O–H groups in total. The number of aromatic nitrogens is 1. The molecule has 21 heavy (non-hydrogen) atoms. The highest BCUT2D eigenvalue weighted by molar-refractivity contribution is 5.97. The van der Waals surface area contributed by atoms with Crippen molar-refractivity contribution in [3.8, 4) is 0 Å². The van der Waals surface area contributed by atoms with E-state index >= 15 is 0 Å². The normalized spacial score (nSPS) is 10.4. The van der Waals surface area contributed by atoms with Gasteiger partial charge in [0.25, 0.3) is 11.8 Å². The Balaban J connectivity index is 2.79. The Hall–Kier alpha value is -2.51. The summed E-state index contributed by atoms with van der Waals surface area (Å²) in [6.07, 6.45) is 0. The largest absolute Gasteiger partial charge is 0.370 e. The molecule has 0 saturated carbocycles. The Morgan fingerprint density at radius 2 is 1.95 bits per heavy atom. The zero-order valence-corrected chi connectivity index (χ0v) is 12.2. The maximum atomic E-state index is 12.1. The van der Waals surface area contributed by atoms with Crippen LogP contribution in [0.1, 0.15) is 34.8 Å². The maximum absolute atomic E-state index is 12.1. The van der Waals surface area contributed by atoms with Crippen molar-refractivity contribution >= 4 is 17.8 Å². The lowest BCUT2D eigenvalue weighted by Gasteiger charge is -2.14. The monoisotopic (exact) mass is 293 g/mol. The SMILES string of the molecule is CC(C)Cn1c(C(N)=O)[c]cc1C(=O)NCCNC(=N)N. The average Bonchev–Trinajstić information content (AvgIpc) is 2.77. The molecule has 1 aromatic rings. The van der Waals surface area contributed by atoms with Gasteiger partial charge in [0.1, 0.15) is 11.4 Å². The third-order valence-electron chi connectivity index (χ3n) is 2.65. The van der Waals surface area contributed by atoms with Gasteiger partial charge >= 0.3 is 0 Å². The number of hydrogen-bond donors (Lipinski definition) is 5. The summed E-state index contributed by atoms with van der Waals surface area (Å²) in [6, 6.07) is 4.18. The van der Waals surface area contributed by atoms with Gasteiger partial charge < -0.3 is 26.7 Å². The first-order valence-electron chi connectivity index (χ1n) is 6.60. The zero-order valence-electron chi connectivity index (χ0n) is 12.2. The number of nitrogens with two attached hydrogens (primary N) is 2. The predicted octanol–water partition coefficient (Wildman–Crippen LogP) is -0.744. The van der Waals surface area contributed by atoms with Gasteiger partial charge in [-0.05, 0) is 12.0 Å². The van der Waals surface area contributed by atoms with Crippen molar-refractivity contribution < 1.29 is 9.59 Å². The smallest absolute Gasteiger partial charge is 0.268 e. The summed E-state index contributed by atoms with van der Waals surface area (Å²) in [7, 11) is 0. The Morgan fingerprint density at radius 3 is 2.48 bits per heavy atom. The van der Waals surface area contributed by atoms with Crippen LogP contribution in [0.2, 0.25) is 0 Å². The van der Waals surface area contributed by atoms with Crippen LogP contribution in [0.5, 0.6) is 0 Å². The summed E-state index contributed by atoms with van der Waals surface area (Å²) < 4.78 is 1.57. The molecule has 8 heteroatoms. The van der Waals surface area contributed by atoms with Crippen molar-refractivity contribution in [2.75, 3.05) is 13.1 Å². The number of guanidine groups is 1. The third-order valence-corrected chi connectivity index (χ3v) is 2.65. The Kier molecular flexibility index (Phi) is 5.77. The van der Waals surface area contributed by atoms with Crippen LogP contribution in [0, 0.1) is 17.4 Å². The van der Waals surface area contributed by atoms with Crippen molar-refractivity contribution in [2.24, 2.45) is 17.4 Å². The van der Waals surface area contributed by atoms with E-state index in [0.717, 1.165) is 0 Å². The molecule has 8 nitrogen and oxygen atoms in total. The third kappa shape index (κ3) is 4.83. The Bertz CT molecular complexity index is 535. The molecule has 0 aliphatic heterocycles. The first kappa shape index (κ1) is 16.5.